The summed E-state index contributed by atoms with van der Waals surface area (Å²) in [6, 6.07) is 0. The average Bonchev–Trinajstić information content (AvgIpc) is 2.63. The highest BCUT2D eigenvalue weighted by Crippen LogP contribution is 2.08. The first kappa shape index (κ1) is 26.1. The maximum atomic E-state index is 11.5. The largest absolute Gasteiger partial charge is 0.457 e. The average molecular weight is 389 g/mol. The van der Waals surface area contributed by atoms with Crippen LogP contribution in [-0.2, 0) is 9.53 Å². The number of esters is 1. The van der Waals surface area contributed by atoms with Gasteiger partial charge in [-0.15, -0.1) is 0 Å². The maximum Gasteiger partial charge on any atom is 0.330 e. The Labute approximate surface area is 173 Å². The van der Waals surface area contributed by atoms with Gasteiger partial charge >= 0.3 is 5.97 Å². The molecule has 0 aromatic heterocycles. The molecule has 0 aliphatic heterocycles. The number of hydrogen-bond acceptors (Lipinski definition) is 2. The van der Waals surface area contributed by atoms with E-state index in [-0.39, 0.29) is 5.97 Å². The minimum atomic E-state index is -0.298. The van der Waals surface area contributed by atoms with Crippen molar-refractivity contribution in [2.24, 2.45) is 0 Å². The molecule has 158 valence electrons. The van der Waals surface area contributed by atoms with Crippen molar-refractivity contribution >= 4 is 5.97 Å². The fraction of sp³-hybridized carbons (Fsp3) is 0.560. The Bertz CT molecular complexity index is 519. The van der Waals surface area contributed by atoms with E-state index in [0.717, 1.165) is 17.4 Å². The number of ether oxygens (including phenoxy) is 1. The van der Waals surface area contributed by atoms with Crippen LogP contribution < -0.4 is 0 Å². The zero-order valence-corrected chi connectivity index (χ0v) is 18.6. The molecule has 3 heteroatoms. The maximum absolute atomic E-state index is 11.5. The van der Waals surface area contributed by atoms with Gasteiger partial charge in [0.2, 0.25) is 0 Å². The third-order valence-electron chi connectivity index (χ3n) is 4.13. The Balaban J connectivity index is 3.69. The lowest BCUT2D eigenvalue weighted by molar-refractivity contribution is -0.870. The van der Waals surface area contributed by atoms with E-state index in [1.165, 1.54) is 51.0 Å². The van der Waals surface area contributed by atoms with Gasteiger partial charge in [-0.3, -0.25) is 0 Å². The SMILES string of the molecule is CCCCCCCCCC=CC=CC=CC=CC=CC(=O)OCC[N+](C)(C)C. The van der Waals surface area contributed by atoms with Crippen molar-refractivity contribution in [2.45, 2.75) is 58.3 Å². The minimum Gasteiger partial charge on any atom is -0.457 e. The molecule has 0 saturated carbocycles. The van der Waals surface area contributed by atoms with Crippen molar-refractivity contribution in [1.29, 1.82) is 0 Å². The summed E-state index contributed by atoms with van der Waals surface area (Å²) in [5.41, 5.74) is 0. The molecule has 0 rings (SSSR count). The summed E-state index contributed by atoms with van der Waals surface area (Å²) in [5, 5.41) is 0. The fourth-order valence-electron chi connectivity index (χ4n) is 2.38. The minimum absolute atomic E-state index is 0.298. The van der Waals surface area contributed by atoms with E-state index >= 15 is 0 Å². The highest BCUT2D eigenvalue weighted by molar-refractivity contribution is 5.82. The van der Waals surface area contributed by atoms with Gasteiger partial charge in [-0.05, 0) is 12.8 Å². The van der Waals surface area contributed by atoms with Crippen LogP contribution in [0.3, 0.4) is 0 Å². The molecule has 0 N–H and O–H groups in total. The van der Waals surface area contributed by atoms with E-state index in [9.17, 15) is 4.79 Å². The molecule has 3 nitrogen and oxygen atoms in total. The van der Waals surface area contributed by atoms with Gasteiger partial charge in [0, 0.05) is 6.08 Å². The van der Waals surface area contributed by atoms with Crippen LogP contribution in [-0.4, -0.2) is 44.7 Å². The molecule has 28 heavy (non-hydrogen) atoms. The van der Waals surface area contributed by atoms with E-state index in [4.69, 9.17) is 4.74 Å². The fourth-order valence-corrected chi connectivity index (χ4v) is 2.38. The first-order valence-electron chi connectivity index (χ1n) is 10.8. The first-order valence-corrected chi connectivity index (χ1v) is 10.8. The van der Waals surface area contributed by atoms with Gasteiger partial charge in [0.25, 0.3) is 0 Å². The molecule has 0 atom stereocenters. The van der Waals surface area contributed by atoms with Gasteiger partial charge in [-0.2, -0.15) is 0 Å². The Hall–Kier alpha value is -1.87. The molecule has 0 radical (unpaired) electrons. The van der Waals surface area contributed by atoms with E-state index in [2.05, 4.69) is 40.2 Å². The van der Waals surface area contributed by atoms with Crippen LogP contribution in [0.5, 0.6) is 0 Å². The van der Waals surface area contributed by atoms with Crippen LogP contribution in [0, 0.1) is 0 Å². The molecule has 0 aliphatic carbocycles. The van der Waals surface area contributed by atoms with Crippen molar-refractivity contribution < 1.29 is 14.0 Å². The van der Waals surface area contributed by atoms with Crippen LogP contribution in [0.25, 0.3) is 0 Å². The monoisotopic (exact) mass is 388 g/mol. The van der Waals surface area contributed by atoms with Gasteiger partial charge in [-0.25, -0.2) is 4.79 Å². The smallest absolute Gasteiger partial charge is 0.330 e. The number of nitrogens with zero attached hydrogens (tertiary/aromatic N) is 1. The number of carbonyl (C=O) groups is 1. The van der Waals surface area contributed by atoms with Gasteiger partial charge in [-0.1, -0.05) is 100 Å². The van der Waals surface area contributed by atoms with Gasteiger partial charge in [0.1, 0.15) is 13.2 Å². The number of allylic oxidation sites excluding steroid dienone is 9. The third kappa shape index (κ3) is 22.2. The van der Waals surface area contributed by atoms with Crippen molar-refractivity contribution in [3.05, 3.63) is 60.8 Å². The summed E-state index contributed by atoms with van der Waals surface area (Å²) >= 11 is 0. The molecule has 0 fully saturated rings. The molecule has 0 heterocycles. The highest BCUT2D eigenvalue weighted by Gasteiger charge is 2.07. The standard InChI is InChI=1S/C25H42NO2/c1-5-6-7-8-9-10-11-12-13-14-15-16-17-18-19-20-21-22-25(27)28-24-23-26(2,3)4/h13-22H,5-12,23-24H2,1-4H3/q+1. The number of hydrogen-bond donors (Lipinski definition) is 0. The van der Waals surface area contributed by atoms with Crippen LogP contribution in [0.2, 0.25) is 0 Å². The summed E-state index contributed by atoms with van der Waals surface area (Å²) in [5.74, 6) is -0.298. The Morgan fingerprint density at radius 3 is 1.89 bits per heavy atom. The summed E-state index contributed by atoms with van der Waals surface area (Å²) < 4.78 is 5.92. The molecule has 0 aromatic rings. The number of carbonyl (C=O) groups excluding carboxylic acids is 1. The molecule has 0 saturated heterocycles. The quantitative estimate of drug-likeness (QED) is 0.104. The van der Waals surface area contributed by atoms with E-state index < -0.39 is 0 Å². The summed E-state index contributed by atoms with van der Waals surface area (Å²) in [6.45, 7) is 3.50. The molecule has 0 aliphatic rings. The van der Waals surface area contributed by atoms with Gasteiger partial charge in [0.15, 0.2) is 0 Å². The highest BCUT2D eigenvalue weighted by atomic mass is 16.5. The molecular weight excluding hydrogens is 346 g/mol. The lowest BCUT2D eigenvalue weighted by Gasteiger charge is -2.23. The number of likely N-dealkylation sites (N-methyl/N-ethyl adjacent to an activating group) is 1. The third-order valence-corrected chi connectivity index (χ3v) is 4.13. The van der Waals surface area contributed by atoms with E-state index in [1.807, 2.05) is 36.5 Å². The summed E-state index contributed by atoms with van der Waals surface area (Å²) in [7, 11) is 6.21. The lowest BCUT2D eigenvalue weighted by atomic mass is 10.1. The zero-order chi connectivity index (χ0) is 20.9. The first-order chi connectivity index (χ1) is 13.5. The number of unbranched alkanes of at least 4 members (excludes halogenated alkanes) is 7. The molecule has 0 amide bonds. The molecular formula is C25H42NO2+. The zero-order valence-electron chi connectivity index (χ0n) is 18.6. The Kier molecular flexibility index (Phi) is 17.3. The van der Waals surface area contributed by atoms with Gasteiger partial charge in [0.05, 0.1) is 21.1 Å². The number of rotatable bonds is 16. The summed E-state index contributed by atoms with van der Waals surface area (Å²) in [4.78, 5) is 11.5. The number of quaternary nitrogens is 1. The van der Waals surface area contributed by atoms with Crippen molar-refractivity contribution in [3.8, 4) is 0 Å². The Morgan fingerprint density at radius 2 is 1.29 bits per heavy atom. The van der Waals surface area contributed by atoms with E-state index in [0.29, 0.717) is 6.61 Å². The normalized spacial score (nSPS) is 13.1. The van der Waals surface area contributed by atoms with E-state index in [1.54, 1.807) is 6.08 Å². The van der Waals surface area contributed by atoms with Gasteiger partial charge < -0.3 is 9.22 Å². The van der Waals surface area contributed by atoms with Crippen LogP contribution in [0.4, 0.5) is 0 Å². The molecule has 0 unspecified atom stereocenters. The topological polar surface area (TPSA) is 26.3 Å². The second-order valence-electron chi connectivity index (χ2n) is 8.03. The second kappa shape index (κ2) is 18.5. The van der Waals surface area contributed by atoms with Crippen LogP contribution in [0.1, 0.15) is 58.3 Å². The predicted molar refractivity (Wildman–Crippen MR) is 122 cm³/mol. The summed E-state index contributed by atoms with van der Waals surface area (Å²) in [6.07, 6.45) is 29.8. The molecule has 0 aromatic carbocycles. The van der Waals surface area contributed by atoms with Crippen LogP contribution >= 0.6 is 0 Å². The van der Waals surface area contributed by atoms with Crippen LogP contribution in [0.15, 0.2) is 60.8 Å². The predicted octanol–water partition coefficient (Wildman–Crippen LogP) is 6.16. The van der Waals surface area contributed by atoms with Crippen molar-refractivity contribution in [3.63, 3.8) is 0 Å². The van der Waals surface area contributed by atoms with Crippen molar-refractivity contribution in [2.75, 3.05) is 34.3 Å². The lowest BCUT2D eigenvalue weighted by Crippen LogP contribution is -2.37. The molecule has 0 spiro atoms. The second-order valence-corrected chi connectivity index (χ2v) is 8.03. The molecule has 0 bridgehead atoms. The Morgan fingerprint density at radius 1 is 0.750 bits per heavy atom. The van der Waals surface area contributed by atoms with Crippen molar-refractivity contribution in [1.82, 2.24) is 0 Å².